The van der Waals surface area contributed by atoms with Crippen LogP contribution < -0.4 is 0 Å². The number of aromatic amines is 1. The van der Waals surface area contributed by atoms with Crippen LogP contribution in [0.5, 0.6) is 0 Å². The van der Waals surface area contributed by atoms with Crippen molar-refractivity contribution in [2.45, 2.75) is 27.2 Å². The summed E-state index contributed by atoms with van der Waals surface area (Å²) >= 11 is 0. The Bertz CT molecular complexity index is 522. The Morgan fingerprint density at radius 3 is 2.75 bits per heavy atom. The van der Waals surface area contributed by atoms with Crippen molar-refractivity contribution in [3.05, 3.63) is 36.0 Å². The summed E-state index contributed by atoms with van der Waals surface area (Å²) in [6.45, 7) is 6.04. The molecule has 1 aromatic carbocycles. The van der Waals surface area contributed by atoms with Crippen molar-refractivity contribution >= 4 is 16.7 Å². The maximum atomic E-state index is 12.3. The van der Waals surface area contributed by atoms with E-state index in [0.717, 1.165) is 22.9 Å². The molecule has 0 amide bonds. The Morgan fingerprint density at radius 1 is 1.31 bits per heavy atom. The van der Waals surface area contributed by atoms with Gasteiger partial charge in [-0.15, -0.1) is 0 Å². The molecular formula is C14H17NO. The van der Waals surface area contributed by atoms with Crippen molar-refractivity contribution in [2.75, 3.05) is 0 Å². The van der Waals surface area contributed by atoms with Crippen LogP contribution in [0.1, 0.15) is 37.6 Å². The van der Waals surface area contributed by atoms with E-state index in [0.29, 0.717) is 0 Å². The monoisotopic (exact) mass is 215 g/mol. The highest BCUT2D eigenvalue weighted by Gasteiger charge is 2.26. The van der Waals surface area contributed by atoms with E-state index in [2.05, 4.69) is 4.98 Å². The first kappa shape index (κ1) is 10.9. The fraction of sp³-hybridized carbons (Fsp3) is 0.357. The molecule has 2 rings (SSSR count). The van der Waals surface area contributed by atoms with E-state index in [1.165, 1.54) is 0 Å². The number of carbonyl (C=O) groups is 1. The summed E-state index contributed by atoms with van der Waals surface area (Å²) in [7, 11) is 0. The zero-order chi connectivity index (χ0) is 11.8. The Hall–Kier alpha value is -1.57. The topological polar surface area (TPSA) is 32.9 Å². The summed E-state index contributed by atoms with van der Waals surface area (Å²) in [5, 5.41) is 1.10. The number of rotatable bonds is 3. The summed E-state index contributed by atoms with van der Waals surface area (Å²) in [6.07, 6.45) is 2.75. The lowest BCUT2D eigenvalue weighted by atomic mass is 9.82. The Labute approximate surface area is 95.7 Å². The van der Waals surface area contributed by atoms with Crippen molar-refractivity contribution in [2.24, 2.45) is 5.41 Å². The minimum Gasteiger partial charge on any atom is -0.361 e. The number of carbonyl (C=O) groups excluding carboxylic acids is 1. The molecule has 1 N–H and O–H groups in total. The normalized spacial score (nSPS) is 11.9. The fourth-order valence-corrected chi connectivity index (χ4v) is 1.75. The van der Waals surface area contributed by atoms with E-state index in [-0.39, 0.29) is 11.2 Å². The SMILES string of the molecule is CCC(C)(C)C(=O)c1ccc2[nH]ccc2c1. The molecule has 0 aliphatic rings. The molecule has 1 heterocycles. The van der Waals surface area contributed by atoms with Gasteiger partial charge in [-0.1, -0.05) is 20.8 Å². The highest BCUT2D eigenvalue weighted by molar-refractivity contribution is 6.02. The average molecular weight is 215 g/mol. The van der Waals surface area contributed by atoms with E-state index >= 15 is 0 Å². The van der Waals surface area contributed by atoms with E-state index in [9.17, 15) is 4.79 Å². The number of nitrogens with one attached hydrogen (secondary N) is 1. The molecule has 0 radical (unpaired) electrons. The van der Waals surface area contributed by atoms with Crippen molar-refractivity contribution in [1.29, 1.82) is 0 Å². The van der Waals surface area contributed by atoms with Gasteiger partial charge in [0.2, 0.25) is 0 Å². The Balaban J connectivity index is 2.43. The smallest absolute Gasteiger partial charge is 0.168 e. The van der Waals surface area contributed by atoms with Crippen molar-refractivity contribution < 1.29 is 4.79 Å². The molecule has 0 bridgehead atoms. The molecule has 84 valence electrons. The van der Waals surface area contributed by atoms with Gasteiger partial charge < -0.3 is 4.98 Å². The molecule has 2 aromatic rings. The first-order valence-corrected chi connectivity index (χ1v) is 5.66. The van der Waals surface area contributed by atoms with Crippen LogP contribution in [0.3, 0.4) is 0 Å². The molecule has 2 heteroatoms. The van der Waals surface area contributed by atoms with Crippen LogP contribution in [-0.2, 0) is 0 Å². The van der Waals surface area contributed by atoms with Crippen molar-refractivity contribution in [1.82, 2.24) is 4.98 Å². The number of H-pyrrole nitrogens is 1. The van der Waals surface area contributed by atoms with Crippen LogP contribution in [0.15, 0.2) is 30.5 Å². The van der Waals surface area contributed by atoms with Gasteiger partial charge in [0.05, 0.1) is 0 Å². The summed E-state index contributed by atoms with van der Waals surface area (Å²) in [5.74, 6) is 0.220. The van der Waals surface area contributed by atoms with Crippen molar-refractivity contribution in [3.8, 4) is 0 Å². The molecule has 0 aliphatic carbocycles. The third kappa shape index (κ3) is 1.75. The minimum atomic E-state index is -0.274. The average Bonchev–Trinajstić information content (AvgIpc) is 2.74. The molecule has 2 nitrogen and oxygen atoms in total. The second-order valence-corrected chi connectivity index (χ2v) is 4.85. The molecule has 0 atom stereocenters. The predicted molar refractivity (Wildman–Crippen MR) is 66.7 cm³/mol. The quantitative estimate of drug-likeness (QED) is 0.776. The Kier molecular flexibility index (Phi) is 2.58. The lowest BCUT2D eigenvalue weighted by Crippen LogP contribution is -2.23. The third-order valence-corrected chi connectivity index (χ3v) is 3.31. The van der Waals surface area contributed by atoms with Gasteiger partial charge in [-0.2, -0.15) is 0 Å². The van der Waals surface area contributed by atoms with Gasteiger partial charge in [-0.05, 0) is 30.7 Å². The van der Waals surface area contributed by atoms with Crippen LogP contribution in [0, 0.1) is 5.41 Å². The fourth-order valence-electron chi connectivity index (χ4n) is 1.75. The third-order valence-electron chi connectivity index (χ3n) is 3.31. The van der Waals surface area contributed by atoms with Crippen LogP contribution in [0.2, 0.25) is 0 Å². The number of Topliss-reactive ketones (excluding diaryl/α,β-unsaturated/α-hetero) is 1. The van der Waals surface area contributed by atoms with E-state index in [4.69, 9.17) is 0 Å². The summed E-state index contributed by atoms with van der Waals surface area (Å²) in [4.78, 5) is 15.4. The van der Waals surface area contributed by atoms with Crippen LogP contribution in [0.25, 0.3) is 10.9 Å². The van der Waals surface area contributed by atoms with Crippen LogP contribution in [-0.4, -0.2) is 10.8 Å². The summed E-state index contributed by atoms with van der Waals surface area (Å²) in [6, 6.07) is 7.82. The van der Waals surface area contributed by atoms with E-state index in [1.54, 1.807) is 0 Å². The Morgan fingerprint density at radius 2 is 2.06 bits per heavy atom. The molecule has 0 aliphatic heterocycles. The number of hydrogen-bond donors (Lipinski definition) is 1. The van der Waals surface area contributed by atoms with Gasteiger partial charge in [0.15, 0.2) is 5.78 Å². The largest absolute Gasteiger partial charge is 0.361 e. The van der Waals surface area contributed by atoms with E-state index < -0.39 is 0 Å². The second-order valence-electron chi connectivity index (χ2n) is 4.85. The first-order chi connectivity index (χ1) is 7.54. The van der Waals surface area contributed by atoms with E-state index in [1.807, 2.05) is 51.2 Å². The predicted octanol–water partition coefficient (Wildman–Crippen LogP) is 3.79. The maximum absolute atomic E-state index is 12.3. The number of fused-ring (bicyclic) bond motifs is 1. The molecule has 0 saturated carbocycles. The van der Waals surface area contributed by atoms with Crippen LogP contribution >= 0.6 is 0 Å². The van der Waals surface area contributed by atoms with Crippen molar-refractivity contribution in [3.63, 3.8) is 0 Å². The van der Waals surface area contributed by atoms with Gasteiger partial charge in [0.1, 0.15) is 0 Å². The highest BCUT2D eigenvalue weighted by atomic mass is 16.1. The maximum Gasteiger partial charge on any atom is 0.168 e. The highest BCUT2D eigenvalue weighted by Crippen LogP contribution is 2.26. The number of hydrogen-bond acceptors (Lipinski definition) is 1. The lowest BCUT2D eigenvalue weighted by molar-refractivity contribution is 0.0833. The standard InChI is InChI=1S/C14H17NO/c1-4-14(2,3)13(16)11-5-6-12-10(9-11)7-8-15-12/h5-9,15H,4H2,1-3H3. The number of aromatic nitrogens is 1. The second kappa shape index (κ2) is 3.78. The molecule has 1 aromatic heterocycles. The van der Waals surface area contributed by atoms with Crippen LogP contribution in [0.4, 0.5) is 0 Å². The zero-order valence-electron chi connectivity index (χ0n) is 10.0. The van der Waals surface area contributed by atoms with Gasteiger partial charge in [-0.25, -0.2) is 0 Å². The molecule has 0 fully saturated rings. The molecular weight excluding hydrogens is 198 g/mol. The van der Waals surface area contributed by atoms with Gasteiger partial charge >= 0.3 is 0 Å². The first-order valence-electron chi connectivity index (χ1n) is 5.66. The van der Waals surface area contributed by atoms with Gasteiger partial charge in [0.25, 0.3) is 0 Å². The molecule has 0 unspecified atom stereocenters. The minimum absolute atomic E-state index is 0.220. The lowest BCUT2D eigenvalue weighted by Gasteiger charge is -2.20. The zero-order valence-corrected chi connectivity index (χ0v) is 10.0. The molecule has 0 spiro atoms. The molecule has 0 saturated heterocycles. The summed E-state index contributed by atoms with van der Waals surface area (Å²) in [5.41, 5.74) is 1.61. The van der Waals surface area contributed by atoms with Gasteiger partial charge in [-0.3, -0.25) is 4.79 Å². The number of benzene rings is 1. The summed E-state index contributed by atoms with van der Waals surface area (Å²) < 4.78 is 0. The number of ketones is 1. The molecule has 16 heavy (non-hydrogen) atoms. The van der Waals surface area contributed by atoms with Gasteiger partial charge in [0, 0.05) is 28.1 Å².